The van der Waals surface area contributed by atoms with E-state index in [9.17, 15) is 4.79 Å². The number of rotatable bonds is 6. The molecule has 0 spiro atoms. The van der Waals surface area contributed by atoms with Crippen molar-refractivity contribution in [2.45, 2.75) is 20.3 Å². The van der Waals surface area contributed by atoms with Crippen LogP contribution in [0.15, 0.2) is 49.2 Å². The second-order valence-electron chi connectivity index (χ2n) is 7.33. The minimum absolute atomic E-state index is 0.222. The van der Waals surface area contributed by atoms with Crippen molar-refractivity contribution < 1.29 is 4.79 Å². The van der Waals surface area contributed by atoms with Crippen molar-refractivity contribution >= 4 is 11.9 Å². The molecule has 1 aliphatic heterocycles. The van der Waals surface area contributed by atoms with Crippen molar-refractivity contribution in [1.29, 1.82) is 0 Å². The van der Waals surface area contributed by atoms with Crippen LogP contribution < -0.4 is 5.32 Å². The molecule has 0 bridgehead atoms. The molecule has 7 heteroatoms. The number of likely N-dealkylation sites (tertiary alicyclic amines) is 1. The molecule has 0 saturated carbocycles. The van der Waals surface area contributed by atoms with Crippen LogP contribution >= 0.6 is 0 Å². The van der Waals surface area contributed by atoms with Gasteiger partial charge in [0.05, 0.1) is 5.69 Å². The summed E-state index contributed by atoms with van der Waals surface area (Å²) in [4.78, 5) is 31.4. The number of hydrogen-bond acceptors (Lipinski definition) is 6. The van der Waals surface area contributed by atoms with Gasteiger partial charge in [-0.1, -0.05) is 29.8 Å². The zero-order valence-electron chi connectivity index (χ0n) is 16.7. The Morgan fingerprint density at radius 1 is 1.10 bits per heavy atom. The van der Waals surface area contributed by atoms with E-state index in [4.69, 9.17) is 4.98 Å². The Balaban J connectivity index is 1.60. The van der Waals surface area contributed by atoms with Crippen LogP contribution in [-0.2, 0) is 4.79 Å². The maximum Gasteiger partial charge on any atom is 0.223 e. The lowest BCUT2D eigenvalue weighted by Gasteiger charge is -2.15. The second kappa shape index (κ2) is 8.34. The van der Waals surface area contributed by atoms with Gasteiger partial charge in [-0.15, -0.1) is 0 Å². The molecule has 1 unspecified atom stereocenters. The number of carbonyl (C=O) groups excluding carboxylic acids is 1. The van der Waals surface area contributed by atoms with E-state index in [1.54, 1.807) is 18.6 Å². The van der Waals surface area contributed by atoms with E-state index in [0.717, 1.165) is 35.5 Å². The van der Waals surface area contributed by atoms with Crippen molar-refractivity contribution in [3.05, 3.63) is 54.7 Å². The van der Waals surface area contributed by atoms with E-state index >= 15 is 0 Å². The monoisotopic (exact) mass is 388 g/mol. The van der Waals surface area contributed by atoms with Gasteiger partial charge in [-0.25, -0.2) is 19.9 Å². The van der Waals surface area contributed by atoms with Crippen molar-refractivity contribution in [2.75, 3.05) is 25.0 Å². The quantitative estimate of drug-likeness (QED) is 0.698. The van der Waals surface area contributed by atoms with Gasteiger partial charge in [0.2, 0.25) is 11.9 Å². The molecule has 3 heterocycles. The van der Waals surface area contributed by atoms with E-state index in [2.05, 4.69) is 51.5 Å². The molecule has 0 radical (unpaired) electrons. The number of aryl methyl sites for hydroxylation is 1. The molecule has 1 fully saturated rings. The molecule has 1 saturated heterocycles. The highest BCUT2D eigenvalue weighted by Gasteiger charge is 2.28. The first-order valence-electron chi connectivity index (χ1n) is 9.85. The average Bonchev–Trinajstić information content (AvgIpc) is 3.13. The van der Waals surface area contributed by atoms with Crippen LogP contribution in [0.4, 0.5) is 5.95 Å². The lowest BCUT2D eigenvalue weighted by Crippen LogP contribution is -2.25. The lowest BCUT2D eigenvalue weighted by molar-refractivity contribution is -0.127. The summed E-state index contributed by atoms with van der Waals surface area (Å²) in [7, 11) is 0. The molecule has 2 aromatic heterocycles. The Hall–Kier alpha value is -3.35. The van der Waals surface area contributed by atoms with Gasteiger partial charge in [0.15, 0.2) is 0 Å². The molecule has 1 aliphatic rings. The zero-order chi connectivity index (χ0) is 20.2. The van der Waals surface area contributed by atoms with E-state index < -0.39 is 0 Å². The van der Waals surface area contributed by atoms with E-state index in [1.807, 2.05) is 11.8 Å². The standard InChI is InChI=1S/C22H24N6O/c1-3-28-13-16(8-20(28)29)9-25-22-26-12-19(18-10-23-14-24-11-18)21(27-22)17-6-4-15(2)5-7-17/h4-7,10-12,14,16H,3,8-9,13H2,1-2H3,(H,25,26,27). The number of nitrogens with one attached hydrogen (secondary N) is 1. The topological polar surface area (TPSA) is 83.9 Å². The third-order valence-electron chi connectivity index (χ3n) is 5.21. The van der Waals surface area contributed by atoms with Gasteiger partial charge in [0.1, 0.15) is 6.33 Å². The first-order valence-corrected chi connectivity index (χ1v) is 9.85. The van der Waals surface area contributed by atoms with Gasteiger partial charge in [-0.2, -0.15) is 0 Å². The summed E-state index contributed by atoms with van der Waals surface area (Å²) in [6, 6.07) is 8.26. The summed E-state index contributed by atoms with van der Waals surface area (Å²) >= 11 is 0. The Morgan fingerprint density at radius 3 is 2.55 bits per heavy atom. The summed E-state index contributed by atoms with van der Waals surface area (Å²) < 4.78 is 0. The highest BCUT2D eigenvalue weighted by Crippen LogP contribution is 2.30. The molecular weight excluding hydrogens is 364 g/mol. The molecule has 1 atom stereocenters. The molecule has 29 heavy (non-hydrogen) atoms. The number of aromatic nitrogens is 4. The Morgan fingerprint density at radius 2 is 1.86 bits per heavy atom. The largest absolute Gasteiger partial charge is 0.354 e. The highest BCUT2D eigenvalue weighted by atomic mass is 16.2. The summed E-state index contributed by atoms with van der Waals surface area (Å²) in [5.74, 6) is 1.06. The van der Waals surface area contributed by atoms with Gasteiger partial charge in [-0.3, -0.25) is 4.79 Å². The van der Waals surface area contributed by atoms with Crippen LogP contribution in [-0.4, -0.2) is 50.4 Å². The Kier molecular flexibility index (Phi) is 5.46. The van der Waals surface area contributed by atoms with E-state index in [0.29, 0.717) is 18.9 Å². The van der Waals surface area contributed by atoms with Gasteiger partial charge < -0.3 is 10.2 Å². The third-order valence-corrected chi connectivity index (χ3v) is 5.21. The van der Waals surface area contributed by atoms with E-state index in [1.165, 1.54) is 11.9 Å². The fraction of sp³-hybridized carbons (Fsp3) is 0.318. The van der Waals surface area contributed by atoms with Crippen molar-refractivity contribution in [2.24, 2.45) is 5.92 Å². The number of amides is 1. The fourth-order valence-corrected chi connectivity index (χ4v) is 3.58. The molecule has 148 valence electrons. The molecule has 4 rings (SSSR count). The average molecular weight is 388 g/mol. The molecule has 1 amide bonds. The summed E-state index contributed by atoms with van der Waals surface area (Å²) in [5, 5.41) is 3.32. The number of carbonyl (C=O) groups is 1. The van der Waals surface area contributed by atoms with Gasteiger partial charge in [-0.05, 0) is 13.8 Å². The minimum atomic E-state index is 0.222. The predicted molar refractivity (Wildman–Crippen MR) is 112 cm³/mol. The third kappa shape index (κ3) is 4.23. The molecular formula is C22H24N6O. The van der Waals surface area contributed by atoms with Crippen LogP contribution in [0, 0.1) is 12.8 Å². The van der Waals surface area contributed by atoms with E-state index in [-0.39, 0.29) is 11.8 Å². The second-order valence-corrected chi connectivity index (χ2v) is 7.33. The number of nitrogens with zero attached hydrogens (tertiary/aromatic N) is 5. The summed E-state index contributed by atoms with van der Waals surface area (Å²) in [6.45, 7) is 6.29. The first-order chi connectivity index (χ1) is 14.1. The number of hydrogen-bond donors (Lipinski definition) is 1. The smallest absolute Gasteiger partial charge is 0.223 e. The fourth-order valence-electron chi connectivity index (χ4n) is 3.58. The van der Waals surface area contributed by atoms with Crippen LogP contribution in [0.2, 0.25) is 0 Å². The Labute approximate surface area is 170 Å². The Bertz CT molecular complexity index is 990. The molecule has 1 N–H and O–H groups in total. The maximum atomic E-state index is 12.0. The lowest BCUT2D eigenvalue weighted by atomic mass is 10.0. The van der Waals surface area contributed by atoms with Crippen molar-refractivity contribution in [3.63, 3.8) is 0 Å². The van der Waals surface area contributed by atoms with Crippen molar-refractivity contribution in [3.8, 4) is 22.4 Å². The molecule has 1 aromatic carbocycles. The highest BCUT2D eigenvalue weighted by molar-refractivity contribution is 5.80. The number of anilines is 1. The summed E-state index contributed by atoms with van der Waals surface area (Å²) in [5.41, 5.74) is 4.78. The maximum absolute atomic E-state index is 12.0. The van der Waals surface area contributed by atoms with Gasteiger partial charge in [0.25, 0.3) is 0 Å². The minimum Gasteiger partial charge on any atom is -0.354 e. The SMILES string of the molecule is CCN1CC(CNc2ncc(-c3cncnc3)c(-c3ccc(C)cc3)n2)CC1=O. The van der Waals surface area contributed by atoms with Gasteiger partial charge >= 0.3 is 0 Å². The van der Waals surface area contributed by atoms with Crippen molar-refractivity contribution in [1.82, 2.24) is 24.8 Å². The predicted octanol–water partition coefficient (Wildman–Crippen LogP) is 3.19. The van der Waals surface area contributed by atoms with Crippen LogP contribution in [0.1, 0.15) is 18.9 Å². The van der Waals surface area contributed by atoms with Crippen LogP contribution in [0.5, 0.6) is 0 Å². The normalized spacial score (nSPS) is 16.3. The van der Waals surface area contributed by atoms with Crippen LogP contribution in [0.25, 0.3) is 22.4 Å². The first kappa shape index (κ1) is 19.0. The summed E-state index contributed by atoms with van der Waals surface area (Å²) in [6.07, 6.45) is 7.42. The molecule has 0 aliphatic carbocycles. The molecule has 7 nitrogen and oxygen atoms in total. The number of benzene rings is 1. The molecule has 3 aromatic rings. The zero-order valence-corrected chi connectivity index (χ0v) is 16.7. The van der Waals surface area contributed by atoms with Crippen LogP contribution in [0.3, 0.4) is 0 Å². The van der Waals surface area contributed by atoms with Gasteiger partial charge in [0, 0.05) is 67.3 Å².